The Hall–Kier alpha value is -2.69. The van der Waals surface area contributed by atoms with Crippen LogP contribution < -0.4 is 9.63 Å². The van der Waals surface area contributed by atoms with Crippen LogP contribution in [0.5, 0.6) is 0 Å². The van der Waals surface area contributed by atoms with Gasteiger partial charge in [-0.05, 0) is 18.2 Å². The summed E-state index contributed by atoms with van der Waals surface area (Å²) >= 11 is 0. The first-order chi connectivity index (χ1) is 9.68. The summed E-state index contributed by atoms with van der Waals surface area (Å²) in [4.78, 5) is 10.4. The van der Waals surface area contributed by atoms with Crippen molar-refractivity contribution in [2.75, 3.05) is 19.0 Å². The van der Waals surface area contributed by atoms with E-state index in [-0.39, 0.29) is 0 Å². The lowest BCUT2D eigenvalue weighted by molar-refractivity contribution is -0.564. The number of rotatable bonds is 2. The fourth-order valence-electron chi connectivity index (χ4n) is 2.16. The molecule has 1 aromatic carbocycles. The van der Waals surface area contributed by atoms with Gasteiger partial charge in [0.25, 0.3) is 11.2 Å². The van der Waals surface area contributed by atoms with Crippen molar-refractivity contribution in [2.24, 2.45) is 0 Å². The summed E-state index contributed by atoms with van der Waals surface area (Å²) in [6.07, 6.45) is 3.18. The highest BCUT2D eigenvalue weighted by Gasteiger charge is 2.22. The zero-order valence-corrected chi connectivity index (χ0v) is 11.3. The van der Waals surface area contributed by atoms with Crippen LogP contribution in [0.2, 0.25) is 0 Å². The number of benzene rings is 1. The van der Waals surface area contributed by atoms with Gasteiger partial charge in [0.1, 0.15) is 11.7 Å². The average Bonchev–Trinajstić information content (AvgIpc) is 2.48. The van der Waals surface area contributed by atoms with Crippen LogP contribution in [0.15, 0.2) is 48.8 Å². The number of fused-ring (bicyclic) bond motifs is 1. The lowest BCUT2D eigenvalue weighted by Crippen LogP contribution is -2.33. The summed E-state index contributed by atoms with van der Waals surface area (Å²) in [5.74, 6) is 0.643. The molecular weight excluding hydrogens is 252 g/mol. The molecule has 0 spiro atoms. The van der Waals surface area contributed by atoms with Crippen molar-refractivity contribution in [3.63, 3.8) is 0 Å². The zero-order valence-electron chi connectivity index (χ0n) is 11.3. The summed E-state index contributed by atoms with van der Waals surface area (Å²) in [5, 5.41) is 12.7. The van der Waals surface area contributed by atoms with Crippen molar-refractivity contribution in [3.05, 3.63) is 54.0 Å². The van der Waals surface area contributed by atoms with E-state index >= 15 is 0 Å². The lowest BCUT2D eigenvalue weighted by Gasteiger charge is -2.16. The summed E-state index contributed by atoms with van der Waals surface area (Å²) < 4.78 is 0.903. The van der Waals surface area contributed by atoms with E-state index in [0.29, 0.717) is 22.5 Å². The Kier molecular flexibility index (Phi) is 2.95. The molecule has 0 unspecified atom stereocenters. The molecule has 0 aliphatic rings. The number of pyridine rings is 1. The Morgan fingerprint density at radius 1 is 1.10 bits per heavy atom. The van der Waals surface area contributed by atoms with Gasteiger partial charge in [-0.2, -0.15) is 4.73 Å². The molecule has 0 amide bonds. The molecule has 2 heterocycles. The van der Waals surface area contributed by atoms with Crippen molar-refractivity contribution in [1.29, 1.82) is 0 Å². The van der Waals surface area contributed by atoms with Crippen LogP contribution in [0.3, 0.4) is 0 Å². The summed E-state index contributed by atoms with van der Waals surface area (Å²) in [5.41, 5.74) is 2.48. The average molecular weight is 266 g/mol. The van der Waals surface area contributed by atoms with Crippen LogP contribution >= 0.6 is 0 Å². The highest BCUT2D eigenvalue weighted by Crippen LogP contribution is 2.26. The topological polar surface area (TPSA) is 56.0 Å². The van der Waals surface area contributed by atoms with E-state index in [2.05, 4.69) is 9.97 Å². The Morgan fingerprint density at radius 2 is 1.85 bits per heavy atom. The van der Waals surface area contributed by atoms with Crippen molar-refractivity contribution in [2.45, 2.75) is 0 Å². The third-order valence-corrected chi connectivity index (χ3v) is 3.11. The molecule has 5 heteroatoms. The molecule has 0 radical (unpaired) electrons. The summed E-state index contributed by atoms with van der Waals surface area (Å²) in [7, 11) is 3.75. The summed E-state index contributed by atoms with van der Waals surface area (Å²) in [6.45, 7) is 0. The van der Waals surface area contributed by atoms with Crippen molar-refractivity contribution in [1.82, 2.24) is 9.97 Å². The zero-order chi connectivity index (χ0) is 14.1. The molecule has 0 atom stereocenters. The van der Waals surface area contributed by atoms with E-state index in [1.165, 1.54) is 0 Å². The number of hydrogen-bond donors (Lipinski definition) is 0. The standard InChI is InChI=1S/C15H14N4O/c1-18(2)15-14(11-6-4-3-5-7-11)19(20)13-10-16-9-8-12(13)17-15/h3-10H,1-2H3. The van der Waals surface area contributed by atoms with Crippen LogP contribution in [0.1, 0.15) is 0 Å². The minimum atomic E-state index is 0.469. The SMILES string of the molecule is CN(C)c1nc2ccncc2[n+]([O-])c1-c1ccccc1. The van der Waals surface area contributed by atoms with Crippen LogP contribution in [0.25, 0.3) is 22.3 Å². The molecule has 100 valence electrons. The van der Waals surface area contributed by atoms with Gasteiger partial charge in [-0.1, -0.05) is 18.2 Å². The molecule has 0 saturated carbocycles. The molecule has 0 fully saturated rings. The number of aromatic nitrogens is 3. The second kappa shape index (κ2) is 4.77. The molecule has 5 nitrogen and oxygen atoms in total. The van der Waals surface area contributed by atoms with Gasteiger partial charge >= 0.3 is 0 Å². The van der Waals surface area contributed by atoms with Crippen molar-refractivity contribution >= 4 is 16.9 Å². The second-order valence-electron chi connectivity index (χ2n) is 4.70. The molecule has 0 saturated heterocycles. The molecule has 2 aromatic heterocycles. The van der Waals surface area contributed by atoms with Crippen molar-refractivity contribution < 1.29 is 4.73 Å². The van der Waals surface area contributed by atoms with Crippen LogP contribution in [-0.4, -0.2) is 24.1 Å². The van der Waals surface area contributed by atoms with Crippen molar-refractivity contribution in [3.8, 4) is 11.3 Å². The maximum Gasteiger partial charge on any atom is 0.267 e. The highest BCUT2D eigenvalue weighted by molar-refractivity contribution is 5.78. The molecule has 0 N–H and O–H groups in total. The fourth-order valence-corrected chi connectivity index (χ4v) is 2.16. The predicted molar refractivity (Wildman–Crippen MR) is 78.3 cm³/mol. The highest BCUT2D eigenvalue weighted by atomic mass is 16.5. The van der Waals surface area contributed by atoms with E-state index < -0.39 is 0 Å². The van der Waals surface area contributed by atoms with Gasteiger partial charge in [0.15, 0.2) is 0 Å². The van der Waals surface area contributed by atoms with Crippen LogP contribution in [-0.2, 0) is 0 Å². The second-order valence-corrected chi connectivity index (χ2v) is 4.70. The Labute approximate surface area is 116 Å². The Morgan fingerprint density at radius 3 is 2.55 bits per heavy atom. The molecule has 3 rings (SSSR count). The first-order valence-corrected chi connectivity index (χ1v) is 6.28. The predicted octanol–water partition coefficient (Wildman–Crippen LogP) is 2.00. The summed E-state index contributed by atoms with van der Waals surface area (Å²) in [6, 6.07) is 11.3. The maximum atomic E-state index is 12.7. The number of hydrogen-bond acceptors (Lipinski definition) is 4. The Bertz CT molecular complexity index is 756. The fraction of sp³-hybridized carbons (Fsp3) is 0.133. The first kappa shape index (κ1) is 12.3. The molecular formula is C15H14N4O. The largest absolute Gasteiger partial charge is 0.618 e. The van der Waals surface area contributed by atoms with Gasteiger partial charge in [0.05, 0.1) is 5.56 Å². The lowest BCUT2D eigenvalue weighted by atomic mass is 10.1. The molecule has 20 heavy (non-hydrogen) atoms. The van der Waals surface area contributed by atoms with Gasteiger partial charge in [0, 0.05) is 20.3 Å². The monoisotopic (exact) mass is 266 g/mol. The van der Waals surface area contributed by atoms with Crippen LogP contribution in [0.4, 0.5) is 5.82 Å². The van der Waals surface area contributed by atoms with E-state index in [9.17, 15) is 5.21 Å². The van der Waals surface area contributed by atoms with E-state index in [1.54, 1.807) is 18.5 Å². The number of nitrogens with zero attached hydrogens (tertiary/aromatic N) is 4. The smallest absolute Gasteiger partial charge is 0.267 e. The van der Waals surface area contributed by atoms with Gasteiger partial charge in [-0.3, -0.25) is 4.98 Å². The molecule has 0 aliphatic heterocycles. The molecule has 3 aromatic rings. The van der Waals surface area contributed by atoms with Gasteiger partial charge in [-0.15, -0.1) is 0 Å². The van der Waals surface area contributed by atoms with E-state index in [0.717, 1.165) is 10.3 Å². The molecule has 0 bridgehead atoms. The van der Waals surface area contributed by atoms with Gasteiger partial charge in [0.2, 0.25) is 5.82 Å². The quantitative estimate of drug-likeness (QED) is 0.526. The maximum absolute atomic E-state index is 12.7. The van der Waals surface area contributed by atoms with Gasteiger partial charge < -0.3 is 10.1 Å². The van der Waals surface area contributed by atoms with E-state index in [1.807, 2.05) is 49.3 Å². The third-order valence-electron chi connectivity index (χ3n) is 3.11. The van der Waals surface area contributed by atoms with Crippen LogP contribution in [0, 0.1) is 5.21 Å². The molecule has 0 aliphatic carbocycles. The minimum absolute atomic E-state index is 0.469. The Balaban J connectivity index is 2.39. The van der Waals surface area contributed by atoms with E-state index in [4.69, 9.17) is 0 Å². The number of anilines is 1. The normalized spacial score (nSPS) is 10.7. The van der Waals surface area contributed by atoms with Gasteiger partial charge in [-0.25, -0.2) is 4.98 Å². The minimum Gasteiger partial charge on any atom is -0.618 e. The third kappa shape index (κ3) is 1.93. The first-order valence-electron chi connectivity index (χ1n) is 6.28.